The van der Waals surface area contributed by atoms with Crippen molar-refractivity contribution in [3.8, 4) is 0 Å². The third kappa shape index (κ3) is 2.58. The van der Waals surface area contributed by atoms with Crippen molar-refractivity contribution in [2.24, 2.45) is 0 Å². The van der Waals surface area contributed by atoms with Crippen molar-refractivity contribution in [2.75, 3.05) is 26.2 Å². The Bertz CT molecular complexity index is 863. The lowest BCUT2D eigenvalue weighted by Crippen LogP contribution is -2.52. The molecule has 1 amide bonds. The summed E-state index contributed by atoms with van der Waals surface area (Å²) >= 11 is 0. The van der Waals surface area contributed by atoms with E-state index in [0.29, 0.717) is 30.4 Å². The molecule has 138 valence electrons. The lowest BCUT2D eigenvalue weighted by Gasteiger charge is -2.37. The molecular formula is C18H21F2N5O. The molecule has 2 aliphatic heterocycles. The molecule has 0 N–H and O–H groups in total. The molecule has 1 saturated carbocycles. The summed E-state index contributed by atoms with van der Waals surface area (Å²) in [7, 11) is 0. The molecular weight excluding hydrogens is 340 g/mol. The van der Waals surface area contributed by atoms with Crippen molar-refractivity contribution >= 4 is 11.6 Å². The first-order valence-corrected chi connectivity index (χ1v) is 9.32. The molecule has 8 heteroatoms. The van der Waals surface area contributed by atoms with Gasteiger partial charge in [0.1, 0.15) is 11.3 Å². The van der Waals surface area contributed by atoms with E-state index in [2.05, 4.69) is 15.0 Å². The Hall–Kier alpha value is -2.09. The molecule has 1 aliphatic carbocycles. The van der Waals surface area contributed by atoms with Gasteiger partial charge in [0.2, 0.25) is 0 Å². The van der Waals surface area contributed by atoms with Crippen LogP contribution in [0, 0.1) is 0 Å². The van der Waals surface area contributed by atoms with Gasteiger partial charge in [-0.1, -0.05) is 0 Å². The first-order chi connectivity index (χ1) is 12.6. The highest BCUT2D eigenvalue weighted by atomic mass is 19.3. The highest BCUT2D eigenvalue weighted by Crippen LogP contribution is 2.40. The lowest BCUT2D eigenvalue weighted by molar-refractivity contribution is 0.0573. The number of piperazine rings is 1. The smallest absolute Gasteiger partial charge is 0.280 e. The SMILES string of the molecule is O=C(c1cnn2c(C(F)F)cc(C3CC3)nc12)N1CCN2CCC[C@@H]2C1. The number of rotatable bonds is 3. The molecule has 4 heterocycles. The Morgan fingerprint density at radius 3 is 2.81 bits per heavy atom. The first-order valence-electron chi connectivity index (χ1n) is 9.32. The Labute approximate surface area is 149 Å². The maximum atomic E-state index is 13.5. The van der Waals surface area contributed by atoms with E-state index in [0.717, 1.165) is 36.9 Å². The van der Waals surface area contributed by atoms with Gasteiger partial charge in [-0.25, -0.2) is 18.3 Å². The number of halogens is 2. The Kier molecular flexibility index (Phi) is 3.70. The van der Waals surface area contributed by atoms with Gasteiger partial charge >= 0.3 is 0 Å². The number of amides is 1. The third-order valence-corrected chi connectivity index (χ3v) is 5.84. The molecule has 0 aromatic carbocycles. The maximum Gasteiger partial charge on any atom is 0.280 e. The van der Waals surface area contributed by atoms with Crippen molar-refractivity contribution in [1.82, 2.24) is 24.4 Å². The summed E-state index contributed by atoms with van der Waals surface area (Å²) in [4.78, 5) is 21.9. The van der Waals surface area contributed by atoms with Crippen LogP contribution in [0.15, 0.2) is 12.3 Å². The van der Waals surface area contributed by atoms with Crippen LogP contribution in [-0.2, 0) is 0 Å². The fourth-order valence-corrected chi connectivity index (χ4v) is 4.25. The van der Waals surface area contributed by atoms with E-state index >= 15 is 0 Å². The second-order valence-electron chi connectivity index (χ2n) is 7.56. The van der Waals surface area contributed by atoms with Crippen LogP contribution in [0.1, 0.15) is 59.8 Å². The third-order valence-electron chi connectivity index (χ3n) is 5.84. The number of hydrogen-bond acceptors (Lipinski definition) is 4. The molecule has 26 heavy (non-hydrogen) atoms. The molecule has 0 spiro atoms. The number of carbonyl (C=O) groups excluding carboxylic acids is 1. The summed E-state index contributed by atoms with van der Waals surface area (Å²) in [5, 5.41) is 4.06. The van der Waals surface area contributed by atoms with Crippen molar-refractivity contribution in [3.63, 3.8) is 0 Å². The summed E-state index contributed by atoms with van der Waals surface area (Å²) in [6, 6.07) is 1.86. The van der Waals surface area contributed by atoms with Gasteiger partial charge in [0.25, 0.3) is 12.3 Å². The minimum Gasteiger partial charge on any atom is -0.336 e. The quantitative estimate of drug-likeness (QED) is 0.843. The van der Waals surface area contributed by atoms with Gasteiger partial charge < -0.3 is 4.90 Å². The monoisotopic (exact) mass is 361 g/mol. The van der Waals surface area contributed by atoms with Gasteiger partial charge in [0.15, 0.2) is 5.65 Å². The van der Waals surface area contributed by atoms with Gasteiger partial charge in [0, 0.05) is 37.3 Å². The molecule has 2 aromatic rings. The summed E-state index contributed by atoms with van der Waals surface area (Å²) < 4.78 is 28.1. The van der Waals surface area contributed by atoms with Crippen molar-refractivity contribution in [3.05, 3.63) is 29.2 Å². The fourth-order valence-electron chi connectivity index (χ4n) is 4.25. The van der Waals surface area contributed by atoms with Crippen LogP contribution in [-0.4, -0.2) is 62.5 Å². The second-order valence-corrected chi connectivity index (χ2v) is 7.56. The van der Waals surface area contributed by atoms with Gasteiger partial charge in [-0.05, 0) is 38.3 Å². The van der Waals surface area contributed by atoms with Crippen molar-refractivity contribution in [1.29, 1.82) is 0 Å². The van der Waals surface area contributed by atoms with E-state index < -0.39 is 6.43 Å². The second kappa shape index (κ2) is 5.97. The standard InChI is InChI=1S/C18H21F2N5O/c19-16(20)15-8-14(11-3-4-11)22-17-13(9-21-25(15)17)18(26)24-7-6-23-5-1-2-12(23)10-24/h8-9,11-12,16H,1-7,10H2/t12-/m1/s1. The predicted molar refractivity (Wildman–Crippen MR) is 90.4 cm³/mol. The Morgan fingerprint density at radius 2 is 2.04 bits per heavy atom. The Balaban J connectivity index is 1.51. The molecule has 1 atom stereocenters. The summed E-state index contributed by atoms with van der Waals surface area (Å²) in [6.45, 7) is 3.34. The maximum absolute atomic E-state index is 13.5. The van der Waals surface area contributed by atoms with Crippen LogP contribution >= 0.6 is 0 Å². The first kappa shape index (κ1) is 16.1. The summed E-state index contributed by atoms with van der Waals surface area (Å²) in [5.74, 6) is 0.0876. The lowest BCUT2D eigenvalue weighted by atomic mass is 10.1. The van der Waals surface area contributed by atoms with E-state index in [9.17, 15) is 13.6 Å². The molecule has 5 rings (SSSR count). The molecule has 0 bridgehead atoms. The van der Waals surface area contributed by atoms with Gasteiger partial charge in [-0.15, -0.1) is 0 Å². The molecule has 3 fully saturated rings. The molecule has 2 aromatic heterocycles. The number of alkyl halides is 2. The number of nitrogens with zero attached hydrogens (tertiary/aromatic N) is 5. The Morgan fingerprint density at radius 1 is 1.19 bits per heavy atom. The average molecular weight is 361 g/mol. The van der Waals surface area contributed by atoms with Crippen LogP contribution in [0.3, 0.4) is 0 Å². The van der Waals surface area contributed by atoms with Crippen LogP contribution in [0.25, 0.3) is 5.65 Å². The molecule has 0 radical (unpaired) electrons. The molecule has 2 saturated heterocycles. The van der Waals surface area contributed by atoms with E-state index in [-0.39, 0.29) is 23.2 Å². The highest BCUT2D eigenvalue weighted by molar-refractivity contribution is 5.99. The average Bonchev–Trinajstić information content (AvgIpc) is 3.24. The summed E-state index contributed by atoms with van der Waals surface area (Å²) in [6.07, 6.45) is 2.96. The zero-order valence-electron chi connectivity index (χ0n) is 14.4. The van der Waals surface area contributed by atoms with Gasteiger partial charge in [0.05, 0.1) is 6.20 Å². The van der Waals surface area contributed by atoms with E-state index in [1.807, 2.05) is 4.90 Å². The zero-order valence-corrected chi connectivity index (χ0v) is 14.4. The molecule has 6 nitrogen and oxygen atoms in total. The van der Waals surface area contributed by atoms with E-state index in [4.69, 9.17) is 0 Å². The predicted octanol–water partition coefficient (Wildman–Crippen LogP) is 2.46. The largest absolute Gasteiger partial charge is 0.336 e. The highest BCUT2D eigenvalue weighted by Gasteiger charge is 2.34. The number of fused-ring (bicyclic) bond motifs is 2. The number of hydrogen-bond donors (Lipinski definition) is 0. The number of aromatic nitrogens is 3. The van der Waals surface area contributed by atoms with Crippen LogP contribution in [0.2, 0.25) is 0 Å². The molecule has 0 unspecified atom stereocenters. The van der Waals surface area contributed by atoms with Crippen molar-refractivity contribution in [2.45, 2.75) is 44.1 Å². The van der Waals surface area contributed by atoms with E-state index in [1.54, 1.807) is 0 Å². The fraction of sp³-hybridized carbons (Fsp3) is 0.611. The van der Waals surface area contributed by atoms with Crippen LogP contribution in [0.5, 0.6) is 0 Å². The normalized spacial score (nSPS) is 23.8. The van der Waals surface area contributed by atoms with Gasteiger partial charge in [-0.3, -0.25) is 9.69 Å². The van der Waals surface area contributed by atoms with Crippen LogP contribution in [0.4, 0.5) is 8.78 Å². The topological polar surface area (TPSA) is 53.7 Å². The van der Waals surface area contributed by atoms with Crippen molar-refractivity contribution < 1.29 is 13.6 Å². The number of carbonyl (C=O) groups is 1. The minimum atomic E-state index is -2.65. The van der Waals surface area contributed by atoms with E-state index in [1.165, 1.54) is 18.7 Å². The van der Waals surface area contributed by atoms with Gasteiger partial charge in [-0.2, -0.15) is 5.10 Å². The molecule has 3 aliphatic rings. The zero-order chi connectivity index (χ0) is 17.8. The minimum absolute atomic E-state index is 0.146. The van der Waals surface area contributed by atoms with Crippen LogP contribution < -0.4 is 0 Å². The summed E-state index contributed by atoms with van der Waals surface area (Å²) in [5.41, 5.74) is 1.07.